The number of ether oxygens (including phenoxy) is 4. The van der Waals surface area contributed by atoms with Gasteiger partial charge in [-0.1, -0.05) is 192 Å². The molecular formula is C65H112N2O8S. The van der Waals surface area contributed by atoms with Crippen LogP contribution in [0.2, 0.25) is 0 Å². The second-order valence-corrected chi connectivity index (χ2v) is 28.9. The van der Waals surface area contributed by atoms with Crippen LogP contribution in [0, 0.1) is 46.3 Å². The number of rotatable bonds is 15. The number of nitrogens with zero attached hydrogens (tertiary/aromatic N) is 2. The fraction of sp³-hybridized carbons (Fsp3) is 0.692. The molecule has 0 aliphatic rings. The van der Waals surface area contributed by atoms with E-state index in [4.69, 9.17) is 18.9 Å². The summed E-state index contributed by atoms with van der Waals surface area (Å²) in [6.45, 7) is 58.7. The molecule has 0 spiro atoms. The number of allylic oxidation sites excluding steroid dienone is 1. The van der Waals surface area contributed by atoms with Crippen LogP contribution in [0.1, 0.15) is 250 Å². The average Bonchev–Trinajstić information content (AvgIpc) is 3.68. The van der Waals surface area contributed by atoms with E-state index in [0.717, 1.165) is 60.2 Å². The molecule has 0 amide bonds. The maximum Gasteiger partial charge on any atom is 0.306 e. The Morgan fingerprint density at radius 1 is 0.605 bits per heavy atom. The van der Waals surface area contributed by atoms with Gasteiger partial charge in [-0.15, -0.1) is 0 Å². The standard InChI is InChI=1S/C16H24O2.C14H20O.C11H22O.C9H18O2.C8H16O2.C7H12N2S/c1-16(2,3)12-8-7-11-15(17)18-13-14-9-5-4-6-10-14;1-10-6-7-12(11(2)8-10)13(15)9-14(3,4)5;1-9(8-10(2,3)4)12-11(5,6)7;1-7(2)11-8(10)6-9(3,4)5;1-5-10-7(9)6-8(2,3)4;1-7(2,3)4-6-5-8-10-9-6/h4-6,9-10H,7-8,11-13H2,1-3H3;6-8H,9H2,1-5H3;1,8H2,2-7H3;7H,6H2,1-5H3;5-6H2,1-4H3;5H,4H2,1-3H3. The lowest BCUT2D eigenvalue weighted by Crippen LogP contribution is -2.20. The van der Waals surface area contributed by atoms with E-state index < -0.39 is 0 Å². The topological polar surface area (TPSA) is 131 Å². The summed E-state index contributed by atoms with van der Waals surface area (Å²) < 4.78 is 28.7. The van der Waals surface area contributed by atoms with E-state index in [-0.39, 0.29) is 57.1 Å². The van der Waals surface area contributed by atoms with Crippen LogP contribution in [0.25, 0.3) is 0 Å². The van der Waals surface area contributed by atoms with E-state index in [1.807, 2.05) is 146 Å². The van der Waals surface area contributed by atoms with Crippen LogP contribution in [0.15, 0.2) is 67.1 Å². The van der Waals surface area contributed by atoms with Crippen molar-refractivity contribution in [3.05, 3.63) is 95.0 Å². The molecule has 0 unspecified atom stereocenters. The third-order valence-corrected chi connectivity index (χ3v) is 10.0. The van der Waals surface area contributed by atoms with E-state index in [2.05, 4.69) is 104 Å². The Morgan fingerprint density at radius 3 is 1.53 bits per heavy atom. The molecule has 0 fully saturated rings. The van der Waals surface area contributed by atoms with E-state index in [0.29, 0.717) is 49.7 Å². The van der Waals surface area contributed by atoms with Crippen molar-refractivity contribution in [2.75, 3.05) is 6.61 Å². The molecule has 0 bridgehead atoms. The van der Waals surface area contributed by atoms with Gasteiger partial charge in [0.05, 0.1) is 54.9 Å². The first kappa shape index (κ1) is 75.9. The Morgan fingerprint density at radius 2 is 1.12 bits per heavy atom. The van der Waals surface area contributed by atoms with Crippen molar-refractivity contribution in [1.82, 2.24) is 8.75 Å². The number of aromatic nitrogens is 2. The molecule has 3 aromatic rings. The highest BCUT2D eigenvalue weighted by Crippen LogP contribution is 2.27. The third-order valence-electron chi connectivity index (χ3n) is 9.49. The lowest BCUT2D eigenvalue weighted by molar-refractivity contribution is -0.149. The van der Waals surface area contributed by atoms with Crippen LogP contribution in [0.4, 0.5) is 0 Å². The molecule has 11 heteroatoms. The SMILES string of the molecule is C=C(CC(C)(C)C)OC(C)(C)C.CC(C)(C)CCCCC(=O)OCc1ccccc1.CC(C)(C)Cc1cnsn1.CC(C)OC(=O)CC(C)(C)C.CCOC(=O)CC(C)(C)C.Cc1ccc(C(=O)CC(C)(C)C)c(C)c1. The molecule has 436 valence electrons. The first-order chi connectivity index (χ1) is 34.2. The van der Waals surface area contributed by atoms with Crippen molar-refractivity contribution in [3.8, 4) is 0 Å². The summed E-state index contributed by atoms with van der Waals surface area (Å²) in [6, 6.07) is 15.8. The summed E-state index contributed by atoms with van der Waals surface area (Å²) in [4.78, 5) is 45.4. The fourth-order valence-electron chi connectivity index (χ4n) is 6.69. The van der Waals surface area contributed by atoms with E-state index >= 15 is 0 Å². The zero-order valence-electron chi connectivity index (χ0n) is 53.3. The number of carbonyl (C=O) groups is 4. The second kappa shape index (κ2) is 35.9. The molecule has 0 aliphatic heterocycles. The van der Waals surface area contributed by atoms with Crippen LogP contribution >= 0.6 is 11.7 Å². The van der Waals surface area contributed by atoms with Gasteiger partial charge in [-0.2, -0.15) is 8.75 Å². The van der Waals surface area contributed by atoms with Gasteiger partial charge in [-0.3, -0.25) is 19.2 Å². The minimum Gasteiger partial charge on any atom is -0.493 e. The number of carbonyl (C=O) groups excluding carboxylic acids is 4. The van der Waals surface area contributed by atoms with Gasteiger partial charge in [0.2, 0.25) is 0 Å². The Bertz CT molecular complexity index is 2040. The molecule has 0 saturated heterocycles. The number of aryl methyl sites for hydroxylation is 2. The van der Waals surface area contributed by atoms with Crippen LogP contribution in [0.5, 0.6) is 0 Å². The smallest absolute Gasteiger partial charge is 0.306 e. The molecule has 0 saturated carbocycles. The summed E-state index contributed by atoms with van der Waals surface area (Å²) >= 11 is 1.28. The molecule has 0 radical (unpaired) electrons. The van der Waals surface area contributed by atoms with E-state index in [9.17, 15) is 19.2 Å². The quantitative estimate of drug-likeness (QED) is 0.0476. The van der Waals surface area contributed by atoms with Gasteiger partial charge in [0.1, 0.15) is 12.2 Å². The summed E-state index contributed by atoms with van der Waals surface area (Å²) in [6.07, 6.45) is 9.08. The molecule has 1 aromatic heterocycles. The van der Waals surface area contributed by atoms with Crippen LogP contribution < -0.4 is 0 Å². The van der Waals surface area contributed by atoms with Crippen LogP contribution in [-0.2, 0) is 46.4 Å². The number of hydrogen-bond acceptors (Lipinski definition) is 11. The lowest BCUT2D eigenvalue weighted by Gasteiger charge is -2.26. The first-order valence-corrected chi connectivity index (χ1v) is 28.2. The van der Waals surface area contributed by atoms with Gasteiger partial charge in [0.25, 0.3) is 0 Å². The molecule has 0 N–H and O–H groups in total. The lowest BCUT2D eigenvalue weighted by atomic mass is 9.86. The van der Waals surface area contributed by atoms with Gasteiger partial charge in [0, 0.05) is 24.8 Å². The van der Waals surface area contributed by atoms with Gasteiger partial charge in [-0.05, 0) is 118 Å². The summed E-state index contributed by atoms with van der Waals surface area (Å²) in [5.41, 5.74) is 6.30. The zero-order chi connectivity index (χ0) is 59.9. The van der Waals surface area contributed by atoms with Gasteiger partial charge in [0.15, 0.2) is 5.78 Å². The van der Waals surface area contributed by atoms with Crippen molar-refractivity contribution in [2.24, 2.45) is 32.5 Å². The van der Waals surface area contributed by atoms with Crippen molar-refractivity contribution in [2.45, 2.75) is 256 Å². The van der Waals surface area contributed by atoms with Crippen molar-refractivity contribution in [3.63, 3.8) is 0 Å². The highest BCUT2D eigenvalue weighted by Gasteiger charge is 2.21. The fourth-order valence-corrected chi connectivity index (χ4v) is 7.12. The van der Waals surface area contributed by atoms with Gasteiger partial charge < -0.3 is 18.9 Å². The average molecular weight is 1080 g/mol. The molecular weight excluding hydrogens is 969 g/mol. The highest BCUT2D eigenvalue weighted by molar-refractivity contribution is 6.99. The molecule has 0 atom stereocenters. The van der Waals surface area contributed by atoms with Crippen LogP contribution in [0.3, 0.4) is 0 Å². The molecule has 0 aliphatic carbocycles. The maximum atomic E-state index is 12.0. The Balaban J connectivity index is -0.000000854. The number of esters is 3. The zero-order valence-corrected chi connectivity index (χ0v) is 54.1. The monoisotopic (exact) mass is 1080 g/mol. The Kier molecular flexibility index (Phi) is 35.9. The normalized spacial score (nSPS) is 11.7. The van der Waals surface area contributed by atoms with Crippen molar-refractivity contribution >= 4 is 35.4 Å². The van der Waals surface area contributed by atoms with E-state index in [1.54, 1.807) is 0 Å². The minimum atomic E-state index is -0.109. The van der Waals surface area contributed by atoms with Gasteiger partial charge in [-0.25, -0.2) is 0 Å². The van der Waals surface area contributed by atoms with Crippen molar-refractivity contribution in [1.29, 1.82) is 0 Å². The summed E-state index contributed by atoms with van der Waals surface area (Å²) in [5.74, 6) is 0.838. The molecule has 2 aromatic carbocycles. The summed E-state index contributed by atoms with van der Waals surface area (Å²) in [7, 11) is 0. The van der Waals surface area contributed by atoms with Gasteiger partial charge >= 0.3 is 17.9 Å². The molecule has 76 heavy (non-hydrogen) atoms. The number of benzene rings is 2. The Labute approximate surface area is 470 Å². The summed E-state index contributed by atoms with van der Waals surface area (Å²) in [5, 5.41) is 0. The predicted octanol–water partition coefficient (Wildman–Crippen LogP) is 18.5. The molecule has 3 rings (SSSR count). The Hall–Kier alpha value is -4.38. The number of ketones is 1. The third kappa shape index (κ3) is 54.4. The molecule has 10 nitrogen and oxygen atoms in total. The maximum absolute atomic E-state index is 12.0. The molecule has 1 heterocycles. The van der Waals surface area contributed by atoms with E-state index in [1.165, 1.54) is 17.3 Å². The first-order valence-electron chi connectivity index (χ1n) is 27.5. The van der Waals surface area contributed by atoms with Crippen LogP contribution in [-0.4, -0.2) is 50.8 Å². The second-order valence-electron chi connectivity index (χ2n) is 28.3. The van der Waals surface area contributed by atoms with Crippen molar-refractivity contribution < 1.29 is 38.1 Å². The predicted molar refractivity (Wildman–Crippen MR) is 322 cm³/mol. The largest absolute Gasteiger partial charge is 0.493 e. The number of Topliss-reactive ketones (excluding diaryl/α,β-unsaturated/α-hetero) is 1. The number of unbranched alkanes of at least 4 members (excludes halogenated alkanes) is 1. The number of hydrogen-bond donors (Lipinski definition) is 0. The highest BCUT2D eigenvalue weighted by atomic mass is 32.1. The minimum absolute atomic E-state index is 0.00449.